The Morgan fingerprint density at radius 2 is 1.26 bits per heavy atom. The van der Waals surface area contributed by atoms with Crippen LogP contribution >= 0.6 is 0 Å². The van der Waals surface area contributed by atoms with Gasteiger partial charge < -0.3 is 0 Å². The van der Waals surface area contributed by atoms with Gasteiger partial charge in [0.05, 0.1) is 6.17 Å². The maximum absolute atomic E-state index is 2.79. The molecule has 0 aliphatic heterocycles. The van der Waals surface area contributed by atoms with Gasteiger partial charge in [-0.15, -0.1) is 5.70 Å². The molecule has 0 radical (unpaired) electrons. The predicted molar refractivity (Wildman–Crippen MR) is 110 cm³/mol. The van der Waals surface area contributed by atoms with E-state index >= 15 is 0 Å². The fourth-order valence-corrected chi connectivity index (χ4v) is 3.63. The van der Waals surface area contributed by atoms with Crippen LogP contribution in [0.1, 0.15) is 85.5 Å². The molecular weight excluding hydrogens is 296 g/mol. The van der Waals surface area contributed by atoms with Crippen LogP contribution in [0.15, 0.2) is 11.8 Å². The Hall–Kier alpha value is -0.123. The SMILES string of the molecule is CCCCN(CCC)C(CCCC=C[SiH3])N(CCC)CCCC. The number of allylic oxidation sites excluding steroid dienone is 1. The van der Waals surface area contributed by atoms with Gasteiger partial charge in [-0.2, -0.15) is 0 Å². The summed E-state index contributed by atoms with van der Waals surface area (Å²) in [6, 6.07) is 0. The third kappa shape index (κ3) is 11.1. The first kappa shape index (κ1) is 22.9. The molecule has 0 heterocycles. The van der Waals surface area contributed by atoms with Crippen molar-refractivity contribution < 1.29 is 0 Å². The van der Waals surface area contributed by atoms with Crippen LogP contribution in [0.5, 0.6) is 0 Å². The minimum Gasteiger partial charge on any atom is -0.288 e. The van der Waals surface area contributed by atoms with Crippen molar-refractivity contribution in [3.05, 3.63) is 11.8 Å². The van der Waals surface area contributed by atoms with Gasteiger partial charge in [-0.1, -0.05) is 46.6 Å². The van der Waals surface area contributed by atoms with Crippen LogP contribution in [0.2, 0.25) is 0 Å². The van der Waals surface area contributed by atoms with E-state index in [2.05, 4.69) is 49.3 Å². The Kier molecular flexibility index (Phi) is 16.6. The summed E-state index contributed by atoms with van der Waals surface area (Å²) in [4.78, 5) is 5.58. The first-order valence-electron chi connectivity index (χ1n) is 10.3. The molecule has 0 fully saturated rings. The normalized spacial score (nSPS) is 12.5. The van der Waals surface area contributed by atoms with Crippen LogP contribution in [0.3, 0.4) is 0 Å². The molecule has 0 unspecified atom stereocenters. The zero-order chi connectivity index (χ0) is 17.3. The molecule has 3 heteroatoms. The lowest BCUT2D eigenvalue weighted by molar-refractivity contribution is 0.0317. The zero-order valence-corrected chi connectivity index (χ0v) is 18.8. The lowest BCUT2D eigenvalue weighted by Gasteiger charge is -2.40. The second-order valence-electron chi connectivity index (χ2n) is 6.76. The summed E-state index contributed by atoms with van der Waals surface area (Å²) < 4.78 is 0. The molecule has 0 rings (SSSR count). The average molecular weight is 341 g/mol. The van der Waals surface area contributed by atoms with E-state index in [1.807, 2.05) is 0 Å². The van der Waals surface area contributed by atoms with Gasteiger partial charge in [-0.05, 0) is 71.1 Å². The van der Waals surface area contributed by atoms with Crippen LogP contribution in [-0.2, 0) is 0 Å². The minimum absolute atomic E-state index is 0.663. The van der Waals surface area contributed by atoms with E-state index in [1.165, 1.54) is 94.2 Å². The van der Waals surface area contributed by atoms with Gasteiger partial charge in [0.25, 0.3) is 0 Å². The van der Waals surface area contributed by atoms with Crippen LogP contribution in [0.25, 0.3) is 0 Å². The molecule has 0 aromatic heterocycles. The summed E-state index contributed by atoms with van der Waals surface area (Å²) in [7, 11) is 1.20. The summed E-state index contributed by atoms with van der Waals surface area (Å²) in [6.45, 7) is 14.4. The summed E-state index contributed by atoms with van der Waals surface area (Å²) in [6.07, 6.45) is 14.8. The molecule has 0 N–H and O–H groups in total. The lowest BCUT2D eigenvalue weighted by Crippen LogP contribution is -2.49. The zero-order valence-electron chi connectivity index (χ0n) is 16.8. The van der Waals surface area contributed by atoms with E-state index in [-0.39, 0.29) is 0 Å². The molecule has 0 aromatic rings. The molecule has 138 valence electrons. The smallest absolute Gasteiger partial charge is 0.0622 e. The Morgan fingerprint density at radius 3 is 1.65 bits per heavy atom. The highest BCUT2D eigenvalue weighted by Gasteiger charge is 2.23. The maximum Gasteiger partial charge on any atom is 0.0622 e. The highest BCUT2D eigenvalue weighted by Crippen LogP contribution is 2.17. The Bertz CT molecular complexity index is 250. The molecule has 0 aromatic carbocycles. The van der Waals surface area contributed by atoms with Gasteiger partial charge in [0.1, 0.15) is 0 Å². The molecule has 23 heavy (non-hydrogen) atoms. The van der Waals surface area contributed by atoms with Crippen molar-refractivity contribution in [3.63, 3.8) is 0 Å². The Morgan fingerprint density at radius 1 is 0.739 bits per heavy atom. The van der Waals surface area contributed by atoms with Crippen molar-refractivity contribution in [1.29, 1.82) is 0 Å². The average Bonchev–Trinajstić information content (AvgIpc) is 2.56. The van der Waals surface area contributed by atoms with Gasteiger partial charge in [0.15, 0.2) is 0 Å². The second-order valence-corrected chi connectivity index (χ2v) is 7.43. The van der Waals surface area contributed by atoms with E-state index < -0.39 is 0 Å². The van der Waals surface area contributed by atoms with Crippen molar-refractivity contribution in [3.8, 4) is 0 Å². The van der Waals surface area contributed by atoms with Crippen LogP contribution in [0.4, 0.5) is 0 Å². The van der Waals surface area contributed by atoms with Crippen LogP contribution < -0.4 is 0 Å². The van der Waals surface area contributed by atoms with Crippen molar-refractivity contribution in [2.75, 3.05) is 26.2 Å². The lowest BCUT2D eigenvalue weighted by atomic mass is 10.1. The van der Waals surface area contributed by atoms with E-state index in [9.17, 15) is 0 Å². The first-order chi connectivity index (χ1) is 11.2. The first-order valence-corrected chi connectivity index (χ1v) is 11.5. The topological polar surface area (TPSA) is 6.48 Å². The Labute approximate surface area is 150 Å². The second kappa shape index (κ2) is 16.7. The van der Waals surface area contributed by atoms with Gasteiger partial charge in [0, 0.05) is 10.2 Å². The van der Waals surface area contributed by atoms with Gasteiger partial charge in [0.2, 0.25) is 0 Å². The fourth-order valence-electron chi connectivity index (χ4n) is 3.30. The van der Waals surface area contributed by atoms with Crippen molar-refractivity contribution in [2.24, 2.45) is 0 Å². The van der Waals surface area contributed by atoms with Gasteiger partial charge in [-0.25, -0.2) is 0 Å². The number of rotatable bonds is 16. The number of hydrogen-bond donors (Lipinski definition) is 0. The van der Waals surface area contributed by atoms with E-state index in [4.69, 9.17) is 0 Å². The molecule has 0 saturated heterocycles. The van der Waals surface area contributed by atoms with E-state index in [1.54, 1.807) is 0 Å². The number of hydrogen-bond acceptors (Lipinski definition) is 2. The summed E-state index contributed by atoms with van der Waals surface area (Å²) in [5.74, 6) is 0. The molecule has 0 amide bonds. The number of nitrogens with zero attached hydrogens (tertiary/aromatic N) is 2. The van der Waals surface area contributed by atoms with E-state index in [0.29, 0.717) is 6.17 Å². The van der Waals surface area contributed by atoms with Crippen molar-refractivity contribution in [2.45, 2.75) is 91.6 Å². The third-order valence-corrected chi connectivity index (χ3v) is 5.00. The third-order valence-electron chi connectivity index (χ3n) is 4.53. The van der Waals surface area contributed by atoms with Crippen LogP contribution in [-0.4, -0.2) is 52.4 Å². The largest absolute Gasteiger partial charge is 0.288 e. The Balaban J connectivity index is 4.93. The molecule has 0 spiro atoms. The minimum atomic E-state index is 0.663. The van der Waals surface area contributed by atoms with Crippen molar-refractivity contribution >= 4 is 10.2 Å². The molecule has 0 bridgehead atoms. The van der Waals surface area contributed by atoms with Crippen molar-refractivity contribution in [1.82, 2.24) is 9.80 Å². The molecular formula is C20H44N2Si. The molecule has 0 aliphatic rings. The molecule has 0 saturated carbocycles. The van der Waals surface area contributed by atoms with Crippen LogP contribution in [0, 0.1) is 0 Å². The highest BCUT2D eigenvalue weighted by atomic mass is 28.1. The quantitative estimate of drug-likeness (QED) is 0.234. The fraction of sp³-hybridized carbons (Fsp3) is 0.900. The number of unbranched alkanes of at least 4 members (excludes halogenated alkanes) is 3. The summed E-state index contributed by atoms with van der Waals surface area (Å²) >= 11 is 0. The standard InChI is InChI=1S/C20H44N2Si/c1-5-9-17-21(15-7-3)20(14-12-11-13-19-23)22(16-8-4)18-10-6-2/h13,19-20H,5-12,14-18H2,1-4,23H3. The molecule has 2 nitrogen and oxygen atoms in total. The summed E-state index contributed by atoms with van der Waals surface area (Å²) in [5.41, 5.74) is 2.33. The summed E-state index contributed by atoms with van der Waals surface area (Å²) in [5, 5.41) is 0. The monoisotopic (exact) mass is 340 g/mol. The highest BCUT2D eigenvalue weighted by molar-refractivity contribution is 6.16. The maximum atomic E-state index is 2.79. The molecule has 0 atom stereocenters. The molecule has 0 aliphatic carbocycles. The predicted octanol–water partition coefficient (Wildman–Crippen LogP) is 4.39. The van der Waals surface area contributed by atoms with E-state index in [0.717, 1.165) is 0 Å². The van der Waals surface area contributed by atoms with Gasteiger partial charge >= 0.3 is 0 Å². The van der Waals surface area contributed by atoms with Gasteiger partial charge in [-0.3, -0.25) is 9.80 Å².